The highest BCUT2D eigenvalue weighted by atomic mass is 16.5. The number of nitrogens with zero attached hydrogens (tertiary/aromatic N) is 3. The molecule has 0 unspecified atom stereocenters. The molecule has 29 heavy (non-hydrogen) atoms. The van der Waals surface area contributed by atoms with Crippen molar-refractivity contribution in [1.29, 1.82) is 0 Å². The summed E-state index contributed by atoms with van der Waals surface area (Å²) < 4.78 is 16.0. The number of hydrogen-bond donors (Lipinski definition) is 2. The minimum absolute atomic E-state index is 0.0259. The second-order valence-electron chi connectivity index (χ2n) is 7.42. The maximum atomic E-state index is 5.54. The fourth-order valence-electron chi connectivity index (χ4n) is 4.01. The Morgan fingerprint density at radius 3 is 2.52 bits per heavy atom. The number of benzene rings is 1. The number of ether oxygens (including phenoxy) is 2. The van der Waals surface area contributed by atoms with E-state index in [1.807, 2.05) is 6.07 Å². The standard InChI is InChI=1S/C21H31N5O3/c1-15-25-19(26-29-15)13-23-20(22-2)24-14-21(10-6-5-7-11-21)16-8-9-17(27-3)18(12-16)28-4/h8-9,12H,5-7,10-11,13-14H2,1-4H3,(H2,22,23,24). The van der Waals surface area contributed by atoms with E-state index in [0.29, 0.717) is 18.3 Å². The van der Waals surface area contributed by atoms with Gasteiger partial charge in [-0.15, -0.1) is 0 Å². The maximum Gasteiger partial charge on any atom is 0.223 e. The highest BCUT2D eigenvalue weighted by molar-refractivity contribution is 5.79. The van der Waals surface area contributed by atoms with Crippen molar-refractivity contribution >= 4 is 5.96 Å². The number of aromatic nitrogens is 2. The second-order valence-corrected chi connectivity index (χ2v) is 7.42. The van der Waals surface area contributed by atoms with Gasteiger partial charge in [0.05, 0.1) is 20.8 Å². The SMILES string of the molecule is CN=C(NCc1noc(C)n1)NCC1(c2ccc(OC)c(OC)c2)CCCCC1. The third kappa shape index (κ3) is 4.99. The highest BCUT2D eigenvalue weighted by Gasteiger charge is 2.34. The van der Waals surface area contributed by atoms with Crippen LogP contribution in [0.1, 0.15) is 49.4 Å². The first-order chi connectivity index (χ1) is 14.1. The molecule has 0 aliphatic heterocycles. The predicted molar refractivity (Wildman–Crippen MR) is 112 cm³/mol. The number of aryl methyl sites for hydroxylation is 1. The Hall–Kier alpha value is -2.77. The first kappa shape index (κ1) is 21.0. The van der Waals surface area contributed by atoms with E-state index in [0.717, 1.165) is 36.8 Å². The molecule has 0 spiro atoms. The van der Waals surface area contributed by atoms with Gasteiger partial charge in [0.1, 0.15) is 0 Å². The molecule has 0 bridgehead atoms. The van der Waals surface area contributed by atoms with Crippen LogP contribution in [0, 0.1) is 6.92 Å². The number of rotatable bonds is 7. The topological polar surface area (TPSA) is 93.8 Å². The van der Waals surface area contributed by atoms with Crippen LogP contribution in [0.2, 0.25) is 0 Å². The van der Waals surface area contributed by atoms with Crippen molar-refractivity contribution in [2.75, 3.05) is 27.8 Å². The summed E-state index contributed by atoms with van der Waals surface area (Å²) in [6, 6.07) is 6.27. The van der Waals surface area contributed by atoms with Gasteiger partial charge in [-0.1, -0.05) is 30.5 Å². The molecule has 158 valence electrons. The number of aliphatic imine (C=N–C) groups is 1. The van der Waals surface area contributed by atoms with Crippen molar-refractivity contribution in [2.45, 2.75) is 51.0 Å². The summed E-state index contributed by atoms with van der Waals surface area (Å²) in [5, 5.41) is 10.7. The van der Waals surface area contributed by atoms with Crippen LogP contribution >= 0.6 is 0 Å². The highest BCUT2D eigenvalue weighted by Crippen LogP contribution is 2.42. The number of guanidine groups is 1. The van der Waals surface area contributed by atoms with Gasteiger partial charge in [0.15, 0.2) is 23.3 Å². The Kier molecular flexibility index (Phi) is 6.95. The molecule has 0 radical (unpaired) electrons. The summed E-state index contributed by atoms with van der Waals surface area (Å²) >= 11 is 0. The molecule has 2 N–H and O–H groups in total. The number of nitrogens with one attached hydrogen (secondary N) is 2. The van der Waals surface area contributed by atoms with Crippen molar-refractivity contribution in [1.82, 2.24) is 20.8 Å². The Morgan fingerprint density at radius 1 is 1.14 bits per heavy atom. The van der Waals surface area contributed by atoms with Gasteiger partial charge in [0.25, 0.3) is 0 Å². The lowest BCUT2D eigenvalue weighted by Gasteiger charge is -2.38. The quantitative estimate of drug-likeness (QED) is 0.544. The van der Waals surface area contributed by atoms with Crippen LogP contribution in [0.15, 0.2) is 27.7 Å². The van der Waals surface area contributed by atoms with Crippen LogP contribution in [0.3, 0.4) is 0 Å². The largest absolute Gasteiger partial charge is 0.493 e. The smallest absolute Gasteiger partial charge is 0.223 e. The average molecular weight is 402 g/mol. The van der Waals surface area contributed by atoms with Crippen LogP contribution in [-0.4, -0.2) is 43.9 Å². The molecule has 0 amide bonds. The summed E-state index contributed by atoms with van der Waals surface area (Å²) in [5.41, 5.74) is 1.30. The fraction of sp³-hybridized carbons (Fsp3) is 0.571. The molecule has 8 nitrogen and oxygen atoms in total. The first-order valence-corrected chi connectivity index (χ1v) is 10.1. The Balaban J connectivity index is 1.72. The van der Waals surface area contributed by atoms with E-state index >= 15 is 0 Å². The maximum absolute atomic E-state index is 5.54. The van der Waals surface area contributed by atoms with Gasteiger partial charge in [0, 0.05) is 25.9 Å². The molecule has 1 aromatic carbocycles. The molecular weight excluding hydrogens is 370 g/mol. The first-order valence-electron chi connectivity index (χ1n) is 10.1. The lowest BCUT2D eigenvalue weighted by molar-refractivity contribution is 0.288. The molecule has 0 saturated heterocycles. The van der Waals surface area contributed by atoms with Crippen LogP contribution in [0.5, 0.6) is 11.5 Å². The Labute approximate surface area is 172 Å². The zero-order valence-electron chi connectivity index (χ0n) is 17.7. The Morgan fingerprint density at radius 2 is 1.90 bits per heavy atom. The van der Waals surface area contributed by atoms with Gasteiger partial charge in [0.2, 0.25) is 5.89 Å². The van der Waals surface area contributed by atoms with E-state index in [1.54, 1.807) is 28.2 Å². The van der Waals surface area contributed by atoms with Gasteiger partial charge in [-0.05, 0) is 30.5 Å². The van der Waals surface area contributed by atoms with Gasteiger partial charge < -0.3 is 24.6 Å². The predicted octanol–water partition coefficient (Wildman–Crippen LogP) is 2.96. The number of methoxy groups -OCH3 is 2. The van der Waals surface area contributed by atoms with E-state index in [9.17, 15) is 0 Å². The molecule has 1 aliphatic carbocycles. The van der Waals surface area contributed by atoms with E-state index in [-0.39, 0.29) is 5.41 Å². The van der Waals surface area contributed by atoms with E-state index in [2.05, 4.69) is 37.9 Å². The van der Waals surface area contributed by atoms with Crippen LogP contribution in [0.25, 0.3) is 0 Å². The molecule has 0 atom stereocenters. The fourth-order valence-corrected chi connectivity index (χ4v) is 4.01. The summed E-state index contributed by atoms with van der Waals surface area (Å²) in [4.78, 5) is 8.56. The zero-order valence-corrected chi connectivity index (χ0v) is 17.7. The third-order valence-corrected chi connectivity index (χ3v) is 5.61. The van der Waals surface area contributed by atoms with E-state index < -0.39 is 0 Å². The minimum Gasteiger partial charge on any atom is -0.493 e. The van der Waals surface area contributed by atoms with Gasteiger partial charge in [-0.25, -0.2) is 0 Å². The average Bonchev–Trinajstić information content (AvgIpc) is 3.19. The van der Waals surface area contributed by atoms with Gasteiger partial charge in [-0.3, -0.25) is 4.99 Å². The van der Waals surface area contributed by atoms with Crippen LogP contribution < -0.4 is 20.1 Å². The molecule has 3 rings (SSSR count). The number of hydrogen-bond acceptors (Lipinski definition) is 6. The summed E-state index contributed by atoms with van der Waals surface area (Å²) in [6.07, 6.45) is 5.95. The minimum atomic E-state index is 0.0259. The third-order valence-electron chi connectivity index (χ3n) is 5.61. The molecule has 1 fully saturated rings. The molecule has 8 heteroatoms. The van der Waals surface area contributed by atoms with Gasteiger partial charge >= 0.3 is 0 Å². The molecule has 2 aromatic rings. The van der Waals surface area contributed by atoms with Crippen LogP contribution in [-0.2, 0) is 12.0 Å². The van der Waals surface area contributed by atoms with E-state index in [4.69, 9.17) is 14.0 Å². The molecule has 1 heterocycles. The monoisotopic (exact) mass is 401 g/mol. The van der Waals surface area contributed by atoms with Crippen molar-refractivity contribution in [3.63, 3.8) is 0 Å². The molecule has 1 aliphatic rings. The van der Waals surface area contributed by atoms with Crippen molar-refractivity contribution in [3.05, 3.63) is 35.5 Å². The zero-order chi connectivity index (χ0) is 20.7. The molecule has 1 saturated carbocycles. The molecule has 1 aromatic heterocycles. The second kappa shape index (κ2) is 9.62. The normalized spacial score (nSPS) is 16.3. The lowest BCUT2D eigenvalue weighted by atomic mass is 9.69. The van der Waals surface area contributed by atoms with Crippen molar-refractivity contribution in [3.8, 4) is 11.5 Å². The van der Waals surface area contributed by atoms with Gasteiger partial charge in [-0.2, -0.15) is 4.98 Å². The summed E-state index contributed by atoms with van der Waals surface area (Å²) in [7, 11) is 5.11. The summed E-state index contributed by atoms with van der Waals surface area (Å²) in [5.74, 6) is 3.41. The van der Waals surface area contributed by atoms with Crippen molar-refractivity contribution in [2.24, 2.45) is 4.99 Å². The van der Waals surface area contributed by atoms with Crippen LogP contribution in [0.4, 0.5) is 0 Å². The lowest BCUT2D eigenvalue weighted by Crippen LogP contribution is -2.46. The van der Waals surface area contributed by atoms with E-state index in [1.165, 1.54) is 24.8 Å². The summed E-state index contributed by atoms with van der Waals surface area (Å²) in [6.45, 7) is 3.02. The Bertz CT molecular complexity index is 827. The van der Waals surface area contributed by atoms with Crippen molar-refractivity contribution < 1.29 is 14.0 Å². The molecular formula is C21H31N5O3.